The maximum atomic E-state index is 13.1. The molecule has 2 aliphatic rings. The minimum atomic E-state index is -0.870. The van der Waals surface area contributed by atoms with Crippen molar-refractivity contribution < 1.29 is 28.5 Å². The quantitative estimate of drug-likeness (QED) is 0.284. The van der Waals surface area contributed by atoms with Crippen LogP contribution < -0.4 is 9.47 Å². The van der Waals surface area contributed by atoms with E-state index in [2.05, 4.69) is 11.1 Å². The second kappa shape index (κ2) is 12.9. The van der Waals surface area contributed by atoms with Crippen molar-refractivity contribution >= 4 is 17.0 Å². The van der Waals surface area contributed by atoms with Crippen LogP contribution in [0.25, 0.3) is 33.6 Å². The van der Waals surface area contributed by atoms with E-state index in [9.17, 15) is 15.2 Å². The van der Waals surface area contributed by atoms with Gasteiger partial charge in [0.25, 0.3) is 5.91 Å². The van der Waals surface area contributed by atoms with Crippen LogP contribution in [0.1, 0.15) is 56.0 Å². The Morgan fingerprint density at radius 2 is 1.88 bits per heavy atom. The molecule has 9 heteroatoms. The molecular weight excluding hydrogens is 546 g/mol. The molecule has 1 unspecified atom stereocenters. The van der Waals surface area contributed by atoms with Crippen LogP contribution in [0.5, 0.6) is 11.5 Å². The molecule has 0 aliphatic carbocycles. The smallest absolute Gasteiger partial charge is 0.254 e. The molecule has 2 fully saturated rings. The van der Waals surface area contributed by atoms with Crippen LogP contribution in [0.4, 0.5) is 0 Å². The lowest BCUT2D eigenvalue weighted by Crippen LogP contribution is -2.33. The van der Waals surface area contributed by atoms with Crippen molar-refractivity contribution in [2.75, 3.05) is 33.4 Å². The summed E-state index contributed by atoms with van der Waals surface area (Å²) in [5.74, 6) is 1.44. The molecule has 224 valence electrons. The van der Waals surface area contributed by atoms with Gasteiger partial charge in [0.2, 0.25) is 0 Å². The van der Waals surface area contributed by atoms with Gasteiger partial charge in [-0.2, -0.15) is 5.26 Å². The Labute approximate surface area is 251 Å². The number of carbonyl (C=O) groups excluding carboxylic acids is 1. The molecule has 0 saturated carbocycles. The van der Waals surface area contributed by atoms with Crippen molar-refractivity contribution in [2.24, 2.45) is 0 Å². The van der Waals surface area contributed by atoms with E-state index in [0.29, 0.717) is 77.8 Å². The van der Waals surface area contributed by atoms with Crippen LogP contribution in [0.2, 0.25) is 0 Å². The van der Waals surface area contributed by atoms with Gasteiger partial charge in [0, 0.05) is 49.3 Å². The summed E-state index contributed by atoms with van der Waals surface area (Å²) in [5.41, 5.74) is 3.57. The first-order chi connectivity index (χ1) is 20.8. The number of benzene rings is 2. The van der Waals surface area contributed by atoms with E-state index < -0.39 is 5.60 Å². The second-order valence-electron chi connectivity index (χ2n) is 10.8. The Balaban J connectivity index is 0.00000180. The fourth-order valence-electron chi connectivity index (χ4n) is 5.49. The largest absolute Gasteiger partial charge is 0.496 e. The van der Waals surface area contributed by atoms with E-state index in [0.717, 1.165) is 24.0 Å². The maximum absolute atomic E-state index is 13.1. The number of hydrogen-bond acceptors (Lipinski definition) is 8. The Morgan fingerprint density at radius 1 is 1.09 bits per heavy atom. The number of fused-ring (bicyclic) bond motifs is 1. The van der Waals surface area contributed by atoms with Gasteiger partial charge in [-0.25, -0.2) is 0 Å². The predicted molar refractivity (Wildman–Crippen MR) is 163 cm³/mol. The van der Waals surface area contributed by atoms with Crippen LogP contribution >= 0.6 is 0 Å². The lowest BCUT2D eigenvalue weighted by molar-refractivity contribution is 0.0254. The van der Waals surface area contributed by atoms with Crippen molar-refractivity contribution in [3.05, 3.63) is 65.9 Å². The van der Waals surface area contributed by atoms with Gasteiger partial charge in [0.05, 0.1) is 37.1 Å². The SMILES string of the molecule is CC.COc1cc(C(=O)N2CCC(C)(O)C2)ccc1-c1cc2nccc(-c3ccc(OC4CCOCC4)c(C#N)c3)c2o1. The van der Waals surface area contributed by atoms with Crippen molar-refractivity contribution in [3.8, 4) is 40.0 Å². The number of nitriles is 1. The molecule has 2 saturated heterocycles. The van der Waals surface area contributed by atoms with Gasteiger partial charge in [0.1, 0.15) is 34.9 Å². The number of amides is 1. The fraction of sp³-hybridized carbons (Fsp3) is 0.382. The number of rotatable bonds is 6. The Morgan fingerprint density at radius 3 is 2.58 bits per heavy atom. The molecule has 4 aromatic rings. The van der Waals surface area contributed by atoms with Gasteiger partial charge >= 0.3 is 0 Å². The van der Waals surface area contributed by atoms with Gasteiger partial charge in [-0.05, 0) is 55.3 Å². The van der Waals surface area contributed by atoms with Crippen LogP contribution in [0.3, 0.4) is 0 Å². The highest BCUT2D eigenvalue weighted by Gasteiger charge is 2.34. The minimum absolute atomic E-state index is 0.0313. The number of β-amino-alcohol motifs (C(OH)–C–C–N with tert-alkyl or cyclic N) is 1. The maximum Gasteiger partial charge on any atom is 0.254 e. The van der Waals surface area contributed by atoms with Crippen LogP contribution in [-0.4, -0.2) is 66.0 Å². The Kier molecular flexibility index (Phi) is 9.00. The number of ether oxygens (including phenoxy) is 3. The van der Waals surface area contributed by atoms with Gasteiger partial charge in [-0.3, -0.25) is 9.78 Å². The molecule has 43 heavy (non-hydrogen) atoms. The topological polar surface area (TPSA) is 118 Å². The van der Waals surface area contributed by atoms with E-state index in [1.165, 1.54) is 0 Å². The van der Waals surface area contributed by atoms with Gasteiger partial charge in [-0.15, -0.1) is 0 Å². The molecule has 0 spiro atoms. The average molecular weight is 584 g/mol. The third kappa shape index (κ3) is 6.36. The van der Waals surface area contributed by atoms with E-state index in [1.54, 1.807) is 43.3 Å². The summed E-state index contributed by atoms with van der Waals surface area (Å²) in [6.45, 7) is 7.86. The van der Waals surface area contributed by atoms with Crippen LogP contribution in [-0.2, 0) is 4.74 Å². The number of nitrogens with zero attached hydrogens (tertiary/aromatic N) is 3. The molecule has 1 atom stereocenters. The molecule has 9 nitrogen and oxygen atoms in total. The molecule has 4 heterocycles. The summed E-state index contributed by atoms with van der Waals surface area (Å²) >= 11 is 0. The van der Waals surface area contributed by atoms with Gasteiger partial charge < -0.3 is 28.6 Å². The number of carbonyl (C=O) groups is 1. The van der Waals surface area contributed by atoms with Gasteiger partial charge in [0.15, 0.2) is 5.58 Å². The fourth-order valence-corrected chi connectivity index (χ4v) is 5.49. The molecule has 2 aromatic heterocycles. The molecule has 1 amide bonds. The predicted octanol–water partition coefficient (Wildman–Crippen LogP) is 6.22. The molecular formula is C34H37N3O6. The summed E-state index contributed by atoms with van der Waals surface area (Å²) in [4.78, 5) is 19.2. The van der Waals surface area contributed by atoms with E-state index in [4.69, 9.17) is 18.6 Å². The number of methoxy groups -OCH3 is 1. The number of aromatic nitrogens is 1. The minimum Gasteiger partial charge on any atom is -0.496 e. The second-order valence-corrected chi connectivity index (χ2v) is 10.8. The lowest BCUT2D eigenvalue weighted by Gasteiger charge is -2.23. The summed E-state index contributed by atoms with van der Waals surface area (Å²) in [6.07, 6.45) is 3.88. The van der Waals surface area contributed by atoms with Gasteiger partial charge in [-0.1, -0.05) is 19.9 Å². The monoisotopic (exact) mass is 583 g/mol. The molecule has 2 aromatic carbocycles. The number of furan rings is 1. The van der Waals surface area contributed by atoms with Crippen molar-refractivity contribution in [1.29, 1.82) is 5.26 Å². The molecule has 0 radical (unpaired) electrons. The van der Waals surface area contributed by atoms with E-state index in [1.807, 2.05) is 44.2 Å². The third-order valence-electron chi connectivity index (χ3n) is 7.74. The zero-order valence-corrected chi connectivity index (χ0v) is 25.1. The zero-order chi connectivity index (χ0) is 30.6. The summed E-state index contributed by atoms with van der Waals surface area (Å²) in [5, 5.41) is 20.1. The Bertz CT molecular complexity index is 1650. The van der Waals surface area contributed by atoms with Crippen molar-refractivity contribution in [2.45, 2.75) is 51.7 Å². The molecule has 1 N–H and O–H groups in total. The number of likely N-dealkylation sites (tertiary alicyclic amines) is 1. The van der Waals surface area contributed by atoms with Crippen molar-refractivity contribution in [3.63, 3.8) is 0 Å². The number of hydrogen-bond donors (Lipinski definition) is 1. The standard InChI is InChI=1S/C32H31N3O6.C2H6/c1-32(37)10-12-35(19-32)31(36)21-3-5-25(28(16-21)38-2)29-17-26-30(41-29)24(7-11-34-26)20-4-6-27(22(15-20)18-33)40-23-8-13-39-14-9-23;1-2/h3-7,11,15-17,23,37H,8-10,12-14,19H2,1-2H3;1-2H3. The highest BCUT2D eigenvalue weighted by atomic mass is 16.5. The third-order valence-corrected chi connectivity index (χ3v) is 7.74. The lowest BCUT2D eigenvalue weighted by atomic mass is 10.0. The first-order valence-electron chi connectivity index (χ1n) is 14.7. The average Bonchev–Trinajstić information content (AvgIpc) is 3.65. The molecule has 6 rings (SSSR count). The molecule has 0 bridgehead atoms. The van der Waals surface area contributed by atoms with E-state index >= 15 is 0 Å². The molecule has 2 aliphatic heterocycles. The number of aliphatic hydroxyl groups is 1. The first kappa shape index (κ1) is 30.1. The first-order valence-corrected chi connectivity index (χ1v) is 14.7. The van der Waals surface area contributed by atoms with E-state index in [-0.39, 0.29) is 12.0 Å². The Hall–Kier alpha value is -4.39. The van der Waals surface area contributed by atoms with Crippen LogP contribution in [0.15, 0.2) is 59.1 Å². The normalized spacial score (nSPS) is 18.6. The zero-order valence-electron chi connectivity index (χ0n) is 25.1. The summed E-state index contributed by atoms with van der Waals surface area (Å²) < 4.78 is 23.5. The van der Waals surface area contributed by atoms with Crippen LogP contribution in [0, 0.1) is 11.3 Å². The van der Waals surface area contributed by atoms with Crippen molar-refractivity contribution in [1.82, 2.24) is 9.88 Å². The highest BCUT2D eigenvalue weighted by molar-refractivity contribution is 5.97. The summed E-state index contributed by atoms with van der Waals surface area (Å²) in [7, 11) is 1.55. The highest BCUT2D eigenvalue weighted by Crippen LogP contribution is 2.39. The summed E-state index contributed by atoms with van der Waals surface area (Å²) in [6, 6.07) is 16.8. The number of pyridine rings is 1.